The predicted octanol–water partition coefficient (Wildman–Crippen LogP) is 2.66. The molecule has 2 aliphatic rings. The highest BCUT2D eigenvalue weighted by atomic mass is 16.2. The number of hydrogen-bond donors (Lipinski definition) is 0. The van der Waals surface area contributed by atoms with Crippen LogP contribution in [0.3, 0.4) is 0 Å². The van der Waals surface area contributed by atoms with E-state index in [0.717, 1.165) is 24.2 Å². The Hall–Kier alpha value is -2.29. The van der Waals surface area contributed by atoms with Gasteiger partial charge in [-0.1, -0.05) is 36.4 Å². The molecular weight excluding hydrogens is 236 g/mol. The van der Waals surface area contributed by atoms with Gasteiger partial charge in [0.05, 0.1) is 0 Å². The molecule has 1 saturated heterocycles. The molecule has 0 saturated carbocycles. The second kappa shape index (κ2) is 3.85. The molecule has 2 heterocycles. The molecule has 3 heteroatoms. The molecule has 0 bridgehead atoms. The summed E-state index contributed by atoms with van der Waals surface area (Å²) in [6, 6.07) is 18.3. The first-order valence-electron chi connectivity index (χ1n) is 6.58. The molecule has 1 unspecified atom stereocenters. The second-order valence-corrected chi connectivity index (χ2v) is 4.99. The Balaban J connectivity index is 1.82. The Morgan fingerprint density at radius 3 is 2.37 bits per heavy atom. The lowest BCUT2D eigenvalue weighted by Gasteiger charge is -2.26. The van der Waals surface area contributed by atoms with Crippen molar-refractivity contribution in [3.05, 3.63) is 65.7 Å². The minimum atomic E-state index is 0.0751. The van der Waals surface area contributed by atoms with Gasteiger partial charge in [-0.25, -0.2) is 0 Å². The number of anilines is 1. The van der Waals surface area contributed by atoms with Crippen molar-refractivity contribution in [2.24, 2.45) is 0 Å². The predicted molar refractivity (Wildman–Crippen MR) is 74.0 cm³/mol. The van der Waals surface area contributed by atoms with Crippen molar-refractivity contribution in [1.82, 2.24) is 4.90 Å². The quantitative estimate of drug-likeness (QED) is 0.777. The van der Waals surface area contributed by atoms with E-state index < -0.39 is 0 Å². The van der Waals surface area contributed by atoms with Gasteiger partial charge in [0.15, 0.2) is 0 Å². The van der Waals surface area contributed by atoms with E-state index in [2.05, 4.69) is 23.1 Å². The van der Waals surface area contributed by atoms with Crippen LogP contribution in [0.15, 0.2) is 54.6 Å². The first-order chi connectivity index (χ1) is 9.36. The summed E-state index contributed by atoms with van der Waals surface area (Å²) in [5.74, 6) is 0.166. The van der Waals surface area contributed by atoms with Gasteiger partial charge in [-0.15, -0.1) is 0 Å². The Morgan fingerprint density at radius 2 is 1.53 bits per heavy atom. The summed E-state index contributed by atoms with van der Waals surface area (Å²) in [6.07, 6.45) is 0.0751. The van der Waals surface area contributed by atoms with E-state index in [1.165, 1.54) is 5.69 Å². The van der Waals surface area contributed by atoms with Crippen molar-refractivity contribution >= 4 is 11.6 Å². The third-order valence-corrected chi connectivity index (χ3v) is 3.99. The molecule has 2 aromatic carbocycles. The van der Waals surface area contributed by atoms with Gasteiger partial charge in [0, 0.05) is 29.9 Å². The van der Waals surface area contributed by atoms with Crippen molar-refractivity contribution in [2.75, 3.05) is 18.0 Å². The molecule has 0 aliphatic carbocycles. The summed E-state index contributed by atoms with van der Waals surface area (Å²) in [7, 11) is 0. The summed E-state index contributed by atoms with van der Waals surface area (Å²) >= 11 is 0. The zero-order chi connectivity index (χ0) is 12.8. The SMILES string of the molecule is O=C1c2ccccc2C2N1CCN2c1ccccc1. The van der Waals surface area contributed by atoms with Crippen LogP contribution in [0.1, 0.15) is 22.1 Å². The van der Waals surface area contributed by atoms with E-state index in [-0.39, 0.29) is 12.1 Å². The average Bonchev–Trinajstić information content (AvgIpc) is 3.02. The van der Waals surface area contributed by atoms with Crippen LogP contribution in [-0.2, 0) is 0 Å². The van der Waals surface area contributed by atoms with Crippen LogP contribution in [0, 0.1) is 0 Å². The Labute approximate surface area is 112 Å². The van der Waals surface area contributed by atoms with Crippen molar-refractivity contribution in [1.29, 1.82) is 0 Å². The highest BCUT2D eigenvalue weighted by Crippen LogP contribution is 2.41. The molecule has 0 aromatic heterocycles. The molecule has 3 nitrogen and oxygen atoms in total. The number of nitrogens with zero attached hydrogens (tertiary/aromatic N) is 2. The zero-order valence-corrected chi connectivity index (χ0v) is 10.5. The second-order valence-electron chi connectivity index (χ2n) is 4.99. The lowest BCUT2D eigenvalue weighted by atomic mass is 10.1. The summed E-state index contributed by atoms with van der Waals surface area (Å²) in [6.45, 7) is 1.70. The van der Waals surface area contributed by atoms with E-state index >= 15 is 0 Å². The normalized spacial score (nSPS) is 20.6. The number of benzene rings is 2. The van der Waals surface area contributed by atoms with Gasteiger partial charge in [0.1, 0.15) is 6.17 Å². The fraction of sp³-hybridized carbons (Fsp3) is 0.188. The third kappa shape index (κ3) is 1.41. The highest BCUT2D eigenvalue weighted by molar-refractivity contribution is 6.00. The van der Waals surface area contributed by atoms with Crippen LogP contribution in [0.2, 0.25) is 0 Å². The van der Waals surface area contributed by atoms with Gasteiger partial charge in [0.2, 0.25) is 0 Å². The average molecular weight is 250 g/mol. The van der Waals surface area contributed by atoms with Crippen LogP contribution >= 0.6 is 0 Å². The number of fused-ring (bicyclic) bond motifs is 3. The Kier molecular flexibility index (Phi) is 2.15. The molecule has 1 fully saturated rings. The lowest BCUT2D eigenvalue weighted by Crippen LogP contribution is -2.28. The topological polar surface area (TPSA) is 23.6 Å². The van der Waals surface area contributed by atoms with Crippen LogP contribution < -0.4 is 4.90 Å². The van der Waals surface area contributed by atoms with Crippen molar-refractivity contribution in [2.45, 2.75) is 6.17 Å². The van der Waals surface area contributed by atoms with Gasteiger partial charge in [-0.05, 0) is 18.2 Å². The smallest absolute Gasteiger partial charge is 0.256 e. The summed E-state index contributed by atoms with van der Waals surface area (Å²) < 4.78 is 0. The van der Waals surface area contributed by atoms with E-state index in [1.807, 2.05) is 41.3 Å². The van der Waals surface area contributed by atoms with Crippen LogP contribution in [0.25, 0.3) is 0 Å². The van der Waals surface area contributed by atoms with Crippen molar-refractivity contribution < 1.29 is 4.79 Å². The van der Waals surface area contributed by atoms with E-state index in [0.29, 0.717) is 0 Å². The van der Waals surface area contributed by atoms with Crippen LogP contribution in [0.4, 0.5) is 5.69 Å². The molecular formula is C16H14N2O. The van der Waals surface area contributed by atoms with Gasteiger partial charge >= 0.3 is 0 Å². The first-order valence-corrected chi connectivity index (χ1v) is 6.58. The molecule has 94 valence electrons. The van der Waals surface area contributed by atoms with Gasteiger partial charge < -0.3 is 9.80 Å². The molecule has 0 N–H and O–H groups in total. The van der Waals surface area contributed by atoms with E-state index in [4.69, 9.17) is 0 Å². The number of rotatable bonds is 1. The number of carbonyl (C=O) groups excluding carboxylic acids is 1. The monoisotopic (exact) mass is 250 g/mol. The van der Waals surface area contributed by atoms with Gasteiger partial charge in [-0.3, -0.25) is 4.79 Å². The van der Waals surface area contributed by atoms with Gasteiger partial charge in [-0.2, -0.15) is 0 Å². The highest BCUT2D eigenvalue weighted by Gasteiger charge is 2.43. The molecule has 2 aliphatic heterocycles. The zero-order valence-electron chi connectivity index (χ0n) is 10.5. The molecule has 1 atom stereocenters. The van der Waals surface area contributed by atoms with Crippen molar-refractivity contribution in [3.63, 3.8) is 0 Å². The summed E-state index contributed by atoms with van der Waals surface area (Å²) in [5, 5.41) is 0. The van der Waals surface area contributed by atoms with Gasteiger partial charge in [0.25, 0.3) is 5.91 Å². The standard InChI is InChI=1S/C16H14N2O/c19-16-14-9-5-4-8-13(14)15-17(10-11-18(15)16)12-6-2-1-3-7-12/h1-9,15H,10-11H2. The Morgan fingerprint density at radius 1 is 0.842 bits per heavy atom. The van der Waals surface area contributed by atoms with E-state index in [1.54, 1.807) is 0 Å². The number of hydrogen-bond acceptors (Lipinski definition) is 2. The first kappa shape index (κ1) is 10.6. The largest absolute Gasteiger partial charge is 0.345 e. The molecule has 0 spiro atoms. The fourth-order valence-corrected chi connectivity index (χ4v) is 3.14. The minimum Gasteiger partial charge on any atom is -0.345 e. The fourth-order valence-electron chi connectivity index (χ4n) is 3.14. The lowest BCUT2D eigenvalue weighted by molar-refractivity contribution is 0.0778. The number of carbonyl (C=O) groups is 1. The van der Waals surface area contributed by atoms with Crippen molar-refractivity contribution in [3.8, 4) is 0 Å². The maximum absolute atomic E-state index is 12.4. The molecule has 4 rings (SSSR count). The molecule has 19 heavy (non-hydrogen) atoms. The maximum atomic E-state index is 12.4. The molecule has 0 radical (unpaired) electrons. The van der Waals surface area contributed by atoms with Crippen LogP contribution in [0.5, 0.6) is 0 Å². The third-order valence-electron chi connectivity index (χ3n) is 3.99. The number of para-hydroxylation sites is 1. The van der Waals surface area contributed by atoms with E-state index in [9.17, 15) is 4.79 Å². The summed E-state index contributed by atoms with van der Waals surface area (Å²) in [5.41, 5.74) is 3.17. The maximum Gasteiger partial charge on any atom is 0.256 e. The minimum absolute atomic E-state index is 0.0751. The summed E-state index contributed by atoms with van der Waals surface area (Å²) in [4.78, 5) is 16.6. The Bertz CT molecular complexity index is 638. The van der Waals surface area contributed by atoms with Crippen LogP contribution in [-0.4, -0.2) is 23.9 Å². The molecule has 1 amide bonds. The molecule has 2 aromatic rings. The number of amides is 1.